The fourth-order valence-corrected chi connectivity index (χ4v) is 3.55. The third-order valence-electron chi connectivity index (χ3n) is 5.32. The van der Waals surface area contributed by atoms with E-state index in [1.165, 1.54) is 0 Å². The summed E-state index contributed by atoms with van der Waals surface area (Å²) in [5.74, 6) is 2.40. The first-order chi connectivity index (χ1) is 15.0. The Morgan fingerprint density at radius 1 is 1.19 bits per heavy atom. The summed E-state index contributed by atoms with van der Waals surface area (Å²) in [6.07, 6.45) is 4.22. The molecule has 3 aromatic rings. The number of amides is 1. The average Bonchev–Trinajstić information content (AvgIpc) is 3.29. The van der Waals surface area contributed by atoms with E-state index in [9.17, 15) is 4.79 Å². The molecule has 1 atom stereocenters. The molecule has 162 valence electrons. The molecule has 0 aliphatic carbocycles. The number of likely N-dealkylation sites (tertiary alicyclic amines) is 1. The predicted octanol–water partition coefficient (Wildman–Crippen LogP) is 3.02. The molecule has 31 heavy (non-hydrogen) atoms. The van der Waals surface area contributed by atoms with Crippen LogP contribution < -0.4 is 9.47 Å². The zero-order chi connectivity index (χ0) is 21.8. The van der Waals surface area contributed by atoms with Gasteiger partial charge in [-0.3, -0.25) is 9.78 Å². The number of rotatable bonds is 6. The maximum absolute atomic E-state index is 12.8. The molecular weight excluding hydrogens is 398 g/mol. The second-order valence-electron chi connectivity index (χ2n) is 7.54. The van der Waals surface area contributed by atoms with Gasteiger partial charge in [0.15, 0.2) is 11.9 Å². The molecular formula is C22H25N5O4. The number of nitrogens with zero attached hydrogens (tertiary/aromatic N) is 5. The lowest BCUT2D eigenvalue weighted by Crippen LogP contribution is -2.44. The maximum atomic E-state index is 12.8. The summed E-state index contributed by atoms with van der Waals surface area (Å²) in [7, 11) is 1.60. The zero-order valence-electron chi connectivity index (χ0n) is 17.8. The smallest absolute Gasteiger partial charge is 0.278 e. The minimum atomic E-state index is -0.583. The fraction of sp³-hybridized carbons (Fsp3) is 0.409. The van der Waals surface area contributed by atoms with Crippen LogP contribution in [0, 0.1) is 6.92 Å². The van der Waals surface area contributed by atoms with Gasteiger partial charge in [0.1, 0.15) is 17.2 Å². The van der Waals surface area contributed by atoms with Crippen molar-refractivity contribution >= 4 is 5.91 Å². The van der Waals surface area contributed by atoms with Gasteiger partial charge in [-0.2, -0.15) is 4.98 Å². The van der Waals surface area contributed by atoms with Crippen LogP contribution >= 0.6 is 0 Å². The van der Waals surface area contributed by atoms with Crippen molar-refractivity contribution in [3.05, 3.63) is 48.2 Å². The van der Waals surface area contributed by atoms with E-state index >= 15 is 0 Å². The van der Waals surface area contributed by atoms with Gasteiger partial charge < -0.3 is 18.9 Å². The van der Waals surface area contributed by atoms with Gasteiger partial charge in [0.05, 0.1) is 19.0 Å². The third-order valence-corrected chi connectivity index (χ3v) is 5.32. The summed E-state index contributed by atoms with van der Waals surface area (Å²) in [6.45, 7) is 4.86. The van der Waals surface area contributed by atoms with E-state index in [1.807, 2.05) is 30.0 Å². The van der Waals surface area contributed by atoms with E-state index in [0.717, 1.165) is 18.5 Å². The first-order valence-corrected chi connectivity index (χ1v) is 10.3. The summed E-state index contributed by atoms with van der Waals surface area (Å²) in [5.41, 5.74) is 1.38. The molecule has 0 spiro atoms. The number of carbonyl (C=O) groups excluding carboxylic acids is 1. The van der Waals surface area contributed by atoms with Crippen LogP contribution in [0.3, 0.4) is 0 Å². The normalized spacial score (nSPS) is 15.5. The average molecular weight is 423 g/mol. The van der Waals surface area contributed by atoms with E-state index in [-0.39, 0.29) is 11.8 Å². The Balaban J connectivity index is 1.33. The lowest BCUT2D eigenvalue weighted by atomic mass is 9.96. The fourth-order valence-electron chi connectivity index (χ4n) is 3.55. The Bertz CT molecular complexity index is 1030. The Morgan fingerprint density at radius 2 is 1.97 bits per heavy atom. The van der Waals surface area contributed by atoms with Crippen molar-refractivity contribution in [2.24, 2.45) is 0 Å². The van der Waals surface area contributed by atoms with Crippen LogP contribution in [0.25, 0.3) is 11.6 Å². The van der Waals surface area contributed by atoms with Crippen LogP contribution in [-0.4, -0.2) is 57.2 Å². The molecule has 0 radical (unpaired) electrons. The molecule has 0 saturated carbocycles. The number of carbonyl (C=O) groups is 1. The molecule has 3 heterocycles. The van der Waals surface area contributed by atoms with Crippen LogP contribution in [0.5, 0.6) is 11.5 Å². The van der Waals surface area contributed by atoms with Gasteiger partial charge in [-0.25, -0.2) is 4.98 Å². The molecule has 9 heteroatoms. The Hall–Kier alpha value is -3.49. The molecule has 2 aromatic heterocycles. The number of hydrogen-bond acceptors (Lipinski definition) is 8. The van der Waals surface area contributed by atoms with E-state index in [0.29, 0.717) is 42.0 Å². The minimum Gasteiger partial charge on any atom is -0.497 e. The summed E-state index contributed by atoms with van der Waals surface area (Å²) >= 11 is 0. The van der Waals surface area contributed by atoms with Crippen molar-refractivity contribution < 1.29 is 18.8 Å². The van der Waals surface area contributed by atoms with Crippen LogP contribution in [0.4, 0.5) is 0 Å². The number of aromatic nitrogens is 4. The molecule has 9 nitrogen and oxygen atoms in total. The Labute approximate surface area is 180 Å². The molecule has 1 amide bonds. The van der Waals surface area contributed by atoms with Crippen molar-refractivity contribution in [2.75, 3.05) is 20.2 Å². The Morgan fingerprint density at radius 3 is 2.68 bits per heavy atom. The highest BCUT2D eigenvalue weighted by Crippen LogP contribution is 2.28. The standard InChI is InChI=1S/C22H25N5O4/c1-14-12-24-19(13-23-14)21-25-20(26-31-21)16-7-9-27(10-8-16)22(28)15(2)30-18-6-4-5-17(11-18)29-3/h4-6,11-13,15-16H,7-10H2,1-3H3/t15-/m1/s1. The predicted molar refractivity (Wildman–Crippen MR) is 112 cm³/mol. The van der Waals surface area contributed by atoms with Gasteiger partial charge in [0.2, 0.25) is 0 Å². The van der Waals surface area contributed by atoms with Gasteiger partial charge in [0, 0.05) is 31.3 Å². The molecule has 1 aliphatic rings. The van der Waals surface area contributed by atoms with Gasteiger partial charge in [-0.1, -0.05) is 11.2 Å². The molecule has 0 bridgehead atoms. The summed E-state index contributed by atoms with van der Waals surface area (Å²) in [5, 5.41) is 4.12. The van der Waals surface area contributed by atoms with Crippen molar-refractivity contribution in [1.29, 1.82) is 0 Å². The van der Waals surface area contributed by atoms with Crippen LogP contribution in [0.2, 0.25) is 0 Å². The number of methoxy groups -OCH3 is 1. The maximum Gasteiger partial charge on any atom is 0.278 e. The lowest BCUT2D eigenvalue weighted by molar-refractivity contribution is -0.139. The van der Waals surface area contributed by atoms with Crippen molar-refractivity contribution in [2.45, 2.75) is 38.7 Å². The second-order valence-corrected chi connectivity index (χ2v) is 7.54. The highest BCUT2D eigenvalue weighted by Gasteiger charge is 2.30. The van der Waals surface area contributed by atoms with Crippen molar-refractivity contribution in [3.63, 3.8) is 0 Å². The molecule has 4 rings (SSSR count). The van der Waals surface area contributed by atoms with E-state index in [1.54, 1.807) is 32.5 Å². The highest BCUT2D eigenvalue weighted by molar-refractivity contribution is 5.81. The van der Waals surface area contributed by atoms with Crippen LogP contribution in [-0.2, 0) is 4.79 Å². The molecule has 0 N–H and O–H groups in total. The monoisotopic (exact) mass is 423 g/mol. The second kappa shape index (κ2) is 9.11. The van der Waals surface area contributed by atoms with Crippen LogP contribution in [0.15, 0.2) is 41.2 Å². The van der Waals surface area contributed by atoms with Gasteiger partial charge in [0.25, 0.3) is 11.8 Å². The SMILES string of the molecule is COc1cccc(O[C@H](C)C(=O)N2CCC(c3noc(-c4cnc(C)cn4)n3)CC2)c1. The number of hydrogen-bond donors (Lipinski definition) is 0. The largest absolute Gasteiger partial charge is 0.497 e. The lowest BCUT2D eigenvalue weighted by Gasteiger charge is -2.32. The number of aryl methyl sites for hydroxylation is 1. The first-order valence-electron chi connectivity index (χ1n) is 10.3. The number of ether oxygens (including phenoxy) is 2. The van der Waals surface area contributed by atoms with Gasteiger partial charge >= 0.3 is 0 Å². The van der Waals surface area contributed by atoms with E-state index in [2.05, 4.69) is 20.1 Å². The van der Waals surface area contributed by atoms with Crippen molar-refractivity contribution in [1.82, 2.24) is 25.0 Å². The highest BCUT2D eigenvalue weighted by atomic mass is 16.5. The molecule has 1 saturated heterocycles. The van der Waals surface area contributed by atoms with Gasteiger partial charge in [-0.15, -0.1) is 0 Å². The molecule has 1 aliphatic heterocycles. The summed E-state index contributed by atoms with van der Waals surface area (Å²) in [4.78, 5) is 27.6. The van der Waals surface area contributed by atoms with Gasteiger partial charge in [-0.05, 0) is 38.8 Å². The zero-order valence-corrected chi connectivity index (χ0v) is 17.8. The number of benzene rings is 1. The molecule has 1 fully saturated rings. The molecule has 1 aromatic carbocycles. The van der Waals surface area contributed by atoms with Crippen molar-refractivity contribution in [3.8, 4) is 23.1 Å². The minimum absolute atomic E-state index is 0.0370. The number of piperidine rings is 1. The third kappa shape index (κ3) is 4.82. The summed E-state index contributed by atoms with van der Waals surface area (Å²) < 4.78 is 16.4. The van der Waals surface area contributed by atoms with E-state index in [4.69, 9.17) is 14.0 Å². The molecule has 0 unspecified atom stereocenters. The van der Waals surface area contributed by atoms with E-state index < -0.39 is 6.10 Å². The first kappa shape index (κ1) is 20.8. The van der Waals surface area contributed by atoms with Crippen LogP contribution in [0.1, 0.15) is 37.2 Å². The topological polar surface area (TPSA) is 103 Å². The Kier molecular flexibility index (Phi) is 6.11. The summed E-state index contributed by atoms with van der Waals surface area (Å²) in [6, 6.07) is 7.24. The quantitative estimate of drug-likeness (QED) is 0.596.